The zero-order chi connectivity index (χ0) is 11.8. The number of rotatable bonds is 7. The number of ether oxygens (including phenoxy) is 1. The Balaban J connectivity index is 2.08. The van der Waals surface area contributed by atoms with Crippen molar-refractivity contribution in [3.63, 3.8) is 0 Å². The maximum atomic E-state index is 9.32. The van der Waals surface area contributed by atoms with E-state index in [9.17, 15) is 5.11 Å². The number of β-amino-alcohol motifs (C(OH)–C–C–N with tert-alkyl or cyclic N) is 1. The van der Waals surface area contributed by atoms with E-state index in [1.165, 1.54) is 0 Å². The van der Waals surface area contributed by atoms with Gasteiger partial charge in [-0.05, 0) is 6.92 Å². The molecule has 16 heavy (non-hydrogen) atoms. The predicted octanol–water partition coefficient (Wildman–Crippen LogP) is -1.01. The summed E-state index contributed by atoms with van der Waals surface area (Å²) in [5.41, 5.74) is 0. The fourth-order valence-electron chi connectivity index (χ4n) is 1.89. The van der Waals surface area contributed by atoms with E-state index in [2.05, 4.69) is 9.80 Å². The average Bonchev–Trinajstić information content (AvgIpc) is 2.31. The topological polar surface area (TPSA) is 56.2 Å². The largest absolute Gasteiger partial charge is 0.394 e. The first-order valence-electron chi connectivity index (χ1n) is 6.07. The third-order valence-corrected chi connectivity index (χ3v) is 2.90. The van der Waals surface area contributed by atoms with Gasteiger partial charge in [0.1, 0.15) is 0 Å². The number of piperazine rings is 1. The van der Waals surface area contributed by atoms with Gasteiger partial charge in [-0.2, -0.15) is 0 Å². The molecular weight excluding hydrogens is 208 g/mol. The molecule has 1 heterocycles. The van der Waals surface area contributed by atoms with Crippen LogP contribution in [-0.4, -0.2) is 85.2 Å². The summed E-state index contributed by atoms with van der Waals surface area (Å²) in [5, 5.41) is 18.1. The Bertz CT molecular complexity index is 173. The second-order valence-electron chi connectivity index (χ2n) is 4.18. The minimum Gasteiger partial charge on any atom is -0.394 e. The van der Waals surface area contributed by atoms with Crippen molar-refractivity contribution in [2.45, 2.75) is 13.0 Å². The second-order valence-corrected chi connectivity index (χ2v) is 4.18. The lowest BCUT2D eigenvalue weighted by Crippen LogP contribution is -2.49. The molecule has 1 saturated heterocycles. The molecule has 0 radical (unpaired) electrons. The summed E-state index contributed by atoms with van der Waals surface area (Å²) in [4.78, 5) is 4.57. The van der Waals surface area contributed by atoms with Crippen LogP contribution in [-0.2, 0) is 4.74 Å². The molecule has 5 heteroatoms. The van der Waals surface area contributed by atoms with E-state index in [1.807, 2.05) is 6.92 Å². The molecule has 1 rings (SSSR count). The molecule has 0 amide bonds. The SMILES string of the molecule is CCOCCN1CCN(CC(O)CO)CC1. The molecule has 0 bridgehead atoms. The molecule has 1 aliphatic rings. The molecule has 0 aromatic heterocycles. The normalized spacial score (nSPS) is 21.2. The van der Waals surface area contributed by atoms with Crippen molar-refractivity contribution in [2.75, 3.05) is 59.1 Å². The lowest BCUT2D eigenvalue weighted by molar-refractivity contribution is 0.0326. The van der Waals surface area contributed by atoms with Gasteiger partial charge in [-0.1, -0.05) is 0 Å². The smallest absolute Gasteiger partial charge is 0.0897 e. The minimum atomic E-state index is -0.602. The zero-order valence-corrected chi connectivity index (χ0v) is 10.1. The van der Waals surface area contributed by atoms with Crippen LogP contribution in [0.25, 0.3) is 0 Å². The van der Waals surface area contributed by atoms with Crippen molar-refractivity contribution in [3.05, 3.63) is 0 Å². The molecule has 0 aliphatic carbocycles. The summed E-state index contributed by atoms with van der Waals surface area (Å²) in [6.07, 6.45) is -0.602. The Morgan fingerprint density at radius 3 is 2.38 bits per heavy atom. The molecule has 5 nitrogen and oxygen atoms in total. The Hall–Kier alpha value is -0.200. The van der Waals surface area contributed by atoms with E-state index in [-0.39, 0.29) is 6.61 Å². The van der Waals surface area contributed by atoms with Gasteiger partial charge in [-0.25, -0.2) is 0 Å². The molecule has 1 aliphatic heterocycles. The van der Waals surface area contributed by atoms with Gasteiger partial charge in [0.15, 0.2) is 0 Å². The van der Waals surface area contributed by atoms with Crippen molar-refractivity contribution in [3.8, 4) is 0 Å². The fourth-order valence-corrected chi connectivity index (χ4v) is 1.89. The minimum absolute atomic E-state index is 0.148. The monoisotopic (exact) mass is 232 g/mol. The van der Waals surface area contributed by atoms with Gasteiger partial charge in [0.25, 0.3) is 0 Å². The zero-order valence-electron chi connectivity index (χ0n) is 10.1. The average molecular weight is 232 g/mol. The second kappa shape index (κ2) is 7.97. The number of aliphatic hydroxyl groups excluding tert-OH is 2. The summed E-state index contributed by atoms with van der Waals surface area (Å²) < 4.78 is 5.32. The Kier molecular flexibility index (Phi) is 6.91. The number of aliphatic hydroxyl groups is 2. The molecule has 0 aromatic carbocycles. The molecule has 1 atom stereocenters. The molecule has 1 fully saturated rings. The van der Waals surface area contributed by atoms with Crippen LogP contribution in [0.15, 0.2) is 0 Å². The molecular formula is C11H24N2O3. The van der Waals surface area contributed by atoms with Crippen LogP contribution in [0.5, 0.6) is 0 Å². The van der Waals surface area contributed by atoms with Crippen LogP contribution in [0, 0.1) is 0 Å². The highest BCUT2D eigenvalue weighted by atomic mass is 16.5. The number of hydrogen-bond acceptors (Lipinski definition) is 5. The summed E-state index contributed by atoms with van der Waals surface area (Å²) in [7, 11) is 0. The first-order valence-corrected chi connectivity index (χ1v) is 6.07. The molecule has 0 saturated carbocycles. The van der Waals surface area contributed by atoms with E-state index in [0.717, 1.165) is 45.9 Å². The van der Waals surface area contributed by atoms with E-state index < -0.39 is 6.10 Å². The van der Waals surface area contributed by atoms with E-state index in [0.29, 0.717) is 6.54 Å². The van der Waals surface area contributed by atoms with Gasteiger partial charge in [0, 0.05) is 45.9 Å². The van der Waals surface area contributed by atoms with Gasteiger partial charge >= 0.3 is 0 Å². The first-order chi connectivity index (χ1) is 7.76. The predicted molar refractivity (Wildman–Crippen MR) is 62.5 cm³/mol. The summed E-state index contributed by atoms with van der Waals surface area (Å²) in [5.74, 6) is 0. The van der Waals surface area contributed by atoms with Crippen LogP contribution in [0.2, 0.25) is 0 Å². The fraction of sp³-hybridized carbons (Fsp3) is 1.00. The van der Waals surface area contributed by atoms with Crippen LogP contribution in [0.4, 0.5) is 0 Å². The molecule has 1 unspecified atom stereocenters. The number of hydrogen-bond donors (Lipinski definition) is 2. The summed E-state index contributed by atoms with van der Waals surface area (Å²) >= 11 is 0. The van der Waals surface area contributed by atoms with Gasteiger partial charge in [-0.3, -0.25) is 9.80 Å². The number of nitrogens with zero attached hydrogens (tertiary/aromatic N) is 2. The van der Waals surface area contributed by atoms with Crippen molar-refractivity contribution in [1.29, 1.82) is 0 Å². The molecule has 0 spiro atoms. The molecule has 96 valence electrons. The third-order valence-electron chi connectivity index (χ3n) is 2.90. The van der Waals surface area contributed by atoms with Crippen molar-refractivity contribution in [2.24, 2.45) is 0 Å². The van der Waals surface area contributed by atoms with Crippen molar-refractivity contribution in [1.82, 2.24) is 9.80 Å². The first kappa shape index (κ1) is 13.9. The van der Waals surface area contributed by atoms with Crippen molar-refractivity contribution >= 4 is 0 Å². The highest BCUT2D eigenvalue weighted by Gasteiger charge is 2.18. The highest BCUT2D eigenvalue weighted by molar-refractivity contribution is 4.73. The van der Waals surface area contributed by atoms with Crippen LogP contribution < -0.4 is 0 Å². The summed E-state index contributed by atoms with van der Waals surface area (Å²) in [6.45, 7) is 8.97. The van der Waals surface area contributed by atoms with E-state index >= 15 is 0 Å². The lowest BCUT2D eigenvalue weighted by atomic mass is 10.2. The van der Waals surface area contributed by atoms with Gasteiger partial charge in [0.2, 0.25) is 0 Å². The van der Waals surface area contributed by atoms with Crippen molar-refractivity contribution < 1.29 is 14.9 Å². The van der Waals surface area contributed by atoms with Gasteiger partial charge in [-0.15, -0.1) is 0 Å². The standard InChI is InChI=1S/C11H24N2O3/c1-2-16-8-7-12-3-5-13(6-4-12)9-11(15)10-14/h11,14-15H,2-10H2,1H3. The Morgan fingerprint density at radius 1 is 1.19 bits per heavy atom. The maximum absolute atomic E-state index is 9.32. The van der Waals surface area contributed by atoms with Crippen LogP contribution in [0.3, 0.4) is 0 Å². The highest BCUT2D eigenvalue weighted by Crippen LogP contribution is 2.02. The van der Waals surface area contributed by atoms with E-state index in [4.69, 9.17) is 9.84 Å². The third kappa shape index (κ3) is 5.23. The van der Waals surface area contributed by atoms with Gasteiger partial charge < -0.3 is 14.9 Å². The lowest BCUT2D eigenvalue weighted by Gasteiger charge is -2.35. The summed E-state index contributed by atoms with van der Waals surface area (Å²) in [6, 6.07) is 0. The maximum Gasteiger partial charge on any atom is 0.0897 e. The molecule has 0 aromatic rings. The quantitative estimate of drug-likeness (QED) is 0.551. The van der Waals surface area contributed by atoms with Crippen LogP contribution >= 0.6 is 0 Å². The van der Waals surface area contributed by atoms with E-state index in [1.54, 1.807) is 0 Å². The molecule has 2 N–H and O–H groups in total. The van der Waals surface area contributed by atoms with Gasteiger partial charge in [0.05, 0.1) is 19.3 Å². The Morgan fingerprint density at radius 2 is 1.81 bits per heavy atom. The van der Waals surface area contributed by atoms with Crippen LogP contribution in [0.1, 0.15) is 6.92 Å². The Labute approximate surface area is 97.6 Å².